The first-order valence-corrected chi connectivity index (χ1v) is 10.2. The molecule has 2 N–H and O–H groups in total. The number of halogens is 1. The van der Waals surface area contributed by atoms with Crippen LogP contribution < -0.4 is 15.4 Å². The highest BCUT2D eigenvalue weighted by Crippen LogP contribution is 2.37. The van der Waals surface area contributed by atoms with Gasteiger partial charge >= 0.3 is 0 Å². The van der Waals surface area contributed by atoms with Gasteiger partial charge in [-0.1, -0.05) is 48.9 Å². The molecule has 0 amide bonds. The van der Waals surface area contributed by atoms with Crippen LogP contribution in [0.25, 0.3) is 10.8 Å². The van der Waals surface area contributed by atoms with Gasteiger partial charge in [-0.2, -0.15) is 15.2 Å². The Balaban J connectivity index is 1.73. The van der Waals surface area contributed by atoms with Crippen molar-refractivity contribution in [3.63, 3.8) is 0 Å². The summed E-state index contributed by atoms with van der Waals surface area (Å²) in [5.41, 5.74) is 2.19. The zero-order valence-electron chi connectivity index (χ0n) is 17.1. The Kier molecular flexibility index (Phi) is 5.87. The van der Waals surface area contributed by atoms with Crippen LogP contribution in [0.15, 0.2) is 60.7 Å². The van der Waals surface area contributed by atoms with Gasteiger partial charge in [-0.25, -0.2) is 0 Å². The predicted octanol–water partition coefficient (Wildman–Crippen LogP) is 6.29. The molecule has 0 aliphatic heterocycles. The van der Waals surface area contributed by atoms with Gasteiger partial charge in [0.2, 0.25) is 11.8 Å². The smallest absolute Gasteiger partial charge is 0.232 e. The van der Waals surface area contributed by atoms with Crippen LogP contribution in [0.3, 0.4) is 0 Å². The number of benzene rings is 3. The third-order valence-corrected chi connectivity index (χ3v) is 5.25. The Bertz CT molecular complexity index is 1280. The van der Waals surface area contributed by atoms with E-state index in [2.05, 4.69) is 26.7 Å². The molecule has 1 heterocycles. The molecular weight excluding hydrogens is 410 g/mol. The van der Waals surface area contributed by atoms with Gasteiger partial charge in [0, 0.05) is 18.1 Å². The minimum Gasteiger partial charge on any atom is -0.437 e. The third-order valence-electron chi connectivity index (χ3n) is 4.86. The van der Waals surface area contributed by atoms with Crippen molar-refractivity contribution < 1.29 is 4.74 Å². The summed E-state index contributed by atoms with van der Waals surface area (Å²) >= 11 is 6.63. The maximum atomic E-state index is 8.98. The van der Waals surface area contributed by atoms with Gasteiger partial charge in [-0.3, -0.25) is 0 Å². The quantitative estimate of drug-likeness (QED) is 0.374. The molecule has 0 saturated carbocycles. The second-order valence-electron chi connectivity index (χ2n) is 6.80. The normalized spacial score (nSPS) is 10.5. The Hall–Kier alpha value is -3.82. The largest absolute Gasteiger partial charge is 0.437 e. The van der Waals surface area contributed by atoms with E-state index >= 15 is 0 Å². The van der Waals surface area contributed by atoms with Crippen LogP contribution in [0, 0.1) is 11.3 Å². The molecule has 0 bridgehead atoms. The fourth-order valence-corrected chi connectivity index (χ4v) is 3.56. The molecule has 0 atom stereocenters. The molecule has 0 aliphatic carbocycles. The number of aromatic nitrogens is 2. The van der Waals surface area contributed by atoms with Crippen molar-refractivity contribution >= 4 is 39.8 Å². The molecule has 3 aromatic carbocycles. The number of rotatable bonds is 6. The summed E-state index contributed by atoms with van der Waals surface area (Å²) in [4.78, 5) is 9.16. The van der Waals surface area contributed by atoms with Crippen LogP contribution in [0.5, 0.6) is 11.6 Å². The fourth-order valence-electron chi connectivity index (χ4n) is 3.28. The highest BCUT2D eigenvalue weighted by atomic mass is 35.5. The minimum atomic E-state index is 0.373. The van der Waals surface area contributed by atoms with Gasteiger partial charge in [0.25, 0.3) is 0 Å². The summed E-state index contributed by atoms with van der Waals surface area (Å²) in [5.74, 6) is 1.99. The Morgan fingerprint density at radius 1 is 1.03 bits per heavy atom. The van der Waals surface area contributed by atoms with E-state index in [4.69, 9.17) is 21.6 Å². The van der Waals surface area contributed by atoms with Gasteiger partial charge in [-0.05, 0) is 42.1 Å². The topological polar surface area (TPSA) is 82.9 Å². The number of nitrogens with zero attached hydrogens (tertiary/aromatic N) is 3. The number of anilines is 3. The first kappa shape index (κ1) is 20.5. The molecule has 6 nitrogen and oxygen atoms in total. The number of nitriles is 1. The third kappa shape index (κ3) is 4.23. The van der Waals surface area contributed by atoms with E-state index in [0.717, 1.165) is 22.0 Å². The van der Waals surface area contributed by atoms with Gasteiger partial charge in [0.05, 0.1) is 22.2 Å². The monoisotopic (exact) mass is 429 g/mol. The number of ether oxygens (including phenoxy) is 1. The molecule has 0 radical (unpaired) electrons. The first-order valence-electron chi connectivity index (χ1n) is 9.84. The number of nitrogens with one attached hydrogen (secondary N) is 2. The van der Waals surface area contributed by atoms with E-state index < -0.39 is 0 Å². The summed E-state index contributed by atoms with van der Waals surface area (Å²) in [6.45, 7) is 2.02. The zero-order valence-corrected chi connectivity index (χ0v) is 17.9. The lowest BCUT2D eigenvalue weighted by molar-refractivity contribution is 0.457. The lowest BCUT2D eigenvalue weighted by Crippen LogP contribution is -2.07. The molecule has 0 aliphatic rings. The molecule has 0 fully saturated rings. The van der Waals surface area contributed by atoms with E-state index in [1.54, 1.807) is 31.3 Å². The summed E-state index contributed by atoms with van der Waals surface area (Å²) in [6, 6.07) is 20.9. The van der Waals surface area contributed by atoms with Crippen molar-refractivity contribution in [2.24, 2.45) is 0 Å². The molecule has 0 saturated heterocycles. The van der Waals surface area contributed by atoms with Gasteiger partial charge in [0.15, 0.2) is 0 Å². The summed E-state index contributed by atoms with van der Waals surface area (Å²) in [6.07, 6.45) is 0.674. The van der Waals surface area contributed by atoms with Crippen LogP contribution >= 0.6 is 11.6 Å². The van der Waals surface area contributed by atoms with Crippen molar-refractivity contribution in [2.75, 3.05) is 17.7 Å². The number of fused-ring (bicyclic) bond motifs is 1. The molecule has 0 unspecified atom stereocenters. The molecule has 0 spiro atoms. The van der Waals surface area contributed by atoms with Gasteiger partial charge < -0.3 is 15.4 Å². The van der Waals surface area contributed by atoms with Crippen LogP contribution in [-0.2, 0) is 6.42 Å². The minimum absolute atomic E-state index is 0.373. The van der Waals surface area contributed by atoms with Crippen molar-refractivity contribution in [2.45, 2.75) is 13.3 Å². The van der Waals surface area contributed by atoms with E-state index in [9.17, 15) is 0 Å². The highest BCUT2D eigenvalue weighted by molar-refractivity contribution is 6.37. The van der Waals surface area contributed by atoms with E-state index in [1.807, 2.05) is 43.3 Å². The first-order chi connectivity index (χ1) is 15.1. The van der Waals surface area contributed by atoms with Crippen LogP contribution in [-0.4, -0.2) is 17.0 Å². The van der Waals surface area contributed by atoms with E-state index in [0.29, 0.717) is 40.4 Å². The zero-order chi connectivity index (χ0) is 21.8. The molecule has 4 aromatic rings. The Morgan fingerprint density at radius 3 is 2.52 bits per heavy atom. The van der Waals surface area contributed by atoms with E-state index in [1.165, 1.54) is 0 Å². The van der Waals surface area contributed by atoms with Gasteiger partial charge in [-0.15, -0.1) is 0 Å². The molecule has 154 valence electrons. The van der Waals surface area contributed by atoms with Gasteiger partial charge in [0.1, 0.15) is 11.6 Å². The molecule has 4 rings (SSSR count). The summed E-state index contributed by atoms with van der Waals surface area (Å²) in [5, 5.41) is 17.7. The highest BCUT2D eigenvalue weighted by Gasteiger charge is 2.17. The van der Waals surface area contributed by atoms with Crippen molar-refractivity contribution in [1.82, 2.24) is 9.97 Å². The van der Waals surface area contributed by atoms with Crippen molar-refractivity contribution in [1.29, 1.82) is 5.26 Å². The standard InChI is InChI=1S/C24H20ClN5O/c1-3-18-22(27-2)29-24(28-17-11-8-15(14-26)9-12-17)30-23(18)31-20-13-10-16-6-4-5-7-19(16)21(20)25/h4-13H,3H2,1-2H3,(H2,27,28,29,30). The summed E-state index contributed by atoms with van der Waals surface area (Å²) < 4.78 is 6.19. The lowest BCUT2D eigenvalue weighted by Gasteiger charge is -2.16. The number of hydrogen-bond donors (Lipinski definition) is 2. The molecule has 1 aromatic heterocycles. The Labute approximate surface area is 185 Å². The maximum Gasteiger partial charge on any atom is 0.232 e. The molecular formula is C24H20ClN5O. The second-order valence-corrected chi connectivity index (χ2v) is 7.18. The molecule has 7 heteroatoms. The van der Waals surface area contributed by atoms with Crippen LogP contribution in [0.4, 0.5) is 17.5 Å². The molecule has 31 heavy (non-hydrogen) atoms. The predicted molar refractivity (Wildman–Crippen MR) is 124 cm³/mol. The van der Waals surface area contributed by atoms with E-state index in [-0.39, 0.29) is 0 Å². The van der Waals surface area contributed by atoms with Crippen molar-refractivity contribution in [3.8, 4) is 17.7 Å². The van der Waals surface area contributed by atoms with Crippen LogP contribution in [0.1, 0.15) is 18.1 Å². The van der Waals surface area contributed by atoms with Crippen LogP contribution in [0.2, 0.25) is 5.02 Å². The number of hydrogen-bond acceptors (Lipinski definition) is 6. The lowest BCUT2D eigenvalue weighted by atomic mass is 10.1. The average molecular weight is 430 g/mol. The SMILES string of the molecule is CCc1c(NC)nc(Nc2ccc(C#N)cc2)nc1Oc1ccc2ccccc2c1Cl. The van der Waals surface area contributed by atoms with Crippen molar-refractivity contribution in [3.05, 3.63) is 76.8 Å². The fraction of sp³-hybridized carbons (Fsp3) is 0.125. The Morgan fingerprint density at radius 2 is 1.81 bits per heavy atom. The summed E-state index contributed by atoms with van der Waals surface area (Å²) in [7, 11) is 1.81. The average Bonchev–Trinajstić information content (AvgIpc) is 2.81. The maximum absolute atomic E-state index is 8.98. The second kappa shape index (κ2) is 8.90.